The highest BCUT2D eigenvalue weighted by Gasteiger charge is 2.21. The van der Waals surface area contributed by atoms with E-state index < -0.39 is 5.91 Å². The van der Waals surface area contributed by atoms with Crippen molar-refractivity contribution in [2.75, 3.05) is 16.8 Å². The number of carbonyl (C=O) groups excluding carboxylic acids is 3. The number of amides is 3. The van der Waals surface area contributed by atoms with Crippen molar-refractivity contribution in [3.05, 3.63) is 59.4 Å². The van der Waals surface area contributed by atoms with E-state index in [0.29, 0.717) is 23.8 Å². The summed E-state index contributed by atoms with van der Waals surface area (Å²) in [7, 11) is 0. The van der Waals surface area contributed by atoms with E-state index in [9.17, 15) is 14.4 Å². The van der Waals surface area contributed by atoms with Gasteiger partial charge in [-0.15, -0.1) is 11.3 Å². The normalized spacial score (nSPS) is 11.1. The summed E-state index contributed by atoms with van der Waals surface area (Å²) < 4.78 is 0. The zero-order valence-electron chi connectivity index (χ0n) is 20.4. The molecule has 10 heteroatoms. The van der Waals surface area contributed by atoms with Crippen LogP contribution >= 0.6 is 11.3 Å². The van der Waals surface area contributed by atoms with Gasteiger partial charge < -0.3 is 20.9 Å². The average molecular weight is 505 g/mol. The predicted octanol–water partition coefficient (Wildman–Crippen LogP) is 4.37. The van der Waals surface area contributed by atoms with Crippen LogP contribution in [0.2, 0.25) is 0 Å². The predicted molar refractivity (Wildman–Crippen MR) is 142 cm³/mol. The molecule has 0 aliphatic heterocycles. The Morgan fingerprint density at radius 3 is 2.58 bits per heavy atom. The number of primary amides is 1. The first-order chi connectivity index (χ1) is 17.3. The SMILES string of the molecule is CCN(C(=O)C(C)C)c1ccc2c(CCC(N)=O)c(NC(=O)c3csc(-c4ccncc4)n3)[nH]c2c1. The number of hydrogen-bond acceptors (Lipinski definition) is 6. The molecule has 186 valence electrons. The molecule has 0 saturated carbocycles. The lowest BCUT2D eigenvalue weighted by atomic mass is 10.1. The number of aromatic amines is 1. The van der Waals surface area contributed by atoms with Gasteiger partial charge >= 0.3 is 0 Å². The second-order valence-corrected chi connectivity index (χ2v) is 9.50. The minimum atomic E-state index is -0.431. The van der Waals surface area contributed by atoms with Crippen molar-refractivity contribution in [1.82, 2.24) is 15.0 Å². The van der Waals surface area contributed by atoms with Crippen LogP contribution in [0.3, 0.4) is 0 Å². The number of fused-ring (bicyclic) bond motifs is 1. The first-order valence-electron chi connectivity index (χ1n) is 11.7. The highest BCUT2D eigenvalue weighted by atomic mass is 32.1. The highest BCUT2D eigenvalue weighted by molar-refractivity contribution is 7.13. The van der Waals surface area contributed by atoms with E-state index in [4.69, 9.17) is 5.73 Å². The van der Waals surface area contributed by atoms with Crippen molar-refractivity contribution in [3.8, 4) is 10.6 Å². The number of rotatable bonds is 9. The Morgan fingerprint density at radius 1 is 1.17 bits per heavy atom. The number of pyridine rings is 1. The Bertz CT molecular complexity index is 1410. The smallest absolute Gasteiger partial charge is 0.276 e. The molecule has 0 aliphatic rings. The number of carbonyl (C=O) groups is 3. The summed E-state index contributed by atoms with van der Waals surface area (Å²) in [6, 6.07) is 9.32. The van der Waals surface area contributed by atoms with Gasteiger partial charge in [-0.1, -0.05) is 19.9 Å². The summed E-state index contributed by atoms with van der Waals surface area (Å²) in [5.74, 6) is -0.437. The summed E-state index contributed by atoms with van der Waals surface area (Å²) in [5, 5.41) is 6.17. The second kappa shape index (κ2) is 10.7. The van der Waals surface area contributed by atoms with Gasteiger partial charge in [-0.3, -0.25) is 19.4 Å². The third-order valence-electron chi connectivity index (χ3n) is 5.80. The first kappa shape index (κ1) is 25.1. The molecule has 4 rings (SSSR count). The Balaban J connectivity index is 1.66. The number of aryl methyl sites for hydroxylation is 1. The summed E-state index contributed by atoms with van der Waals surface area (Å²) in [4.78, 5) is 50.7. The summed E-state index contributed by atoms with van der Waals surface area (Å²) in [5.41, 5.74) is 8.84. The number of H-pyrrole nitrogens is 1. The van der Waals surface area contributed by atoms with Crippen LogP contribution in [0.1, 0.15) is 43.2 Å². The number of anilines is 2. The minimum absolute atomic E-state index is 0.0272. The number of benzene rings is 1. The molecule has 0 aliphatic carbocycles. The van der Waals surface area contributed by atoms with Gasteiger partial charge in [0, 0.05) is 64.4 Å². The molecule has 3 heterocycles. The lowest BCUT2D eigenvalue weighted by molar-refractivity contribution is -0.121. The van der Waals surface area contributed by atoms with E-state index in [0.717, 1.165) is 27.7 Å². The van der Waals surface area contributed by atoms with Crippen LogP contribution in [0, 0.1) is 5.92 Å². The van der Waals surface area contributed by atoms with Crippen molar-refractivity contribution < 1.29 is 14.4 Å². The van der Waals surface area contributed by atoms with Crippen molar-refractivity contribution in [3.63, 3.8) is 0 Å². The van der Waals surface area contributed by atoms with Gasteiger partial charge in [0.2, 0.25) is 11.8 Å². The molecule has 3 aromatic heterocycles. The van der Waals surface area contributed by atoms with Crippen LogP contribution in [0.15, 0.2) is 48.1 Å². The first-order valence-corrected chi connectivity index (χ1v) is 12.6. The molecule has 9 nitrogen and oxygen atoms in total. The second-order valence-electron chi connectivity index (χ2n) is 8.64. The molecule has 36 heavy (non-hydrogen) atoms. The lowest BCUT2D eigenvalue weighted by Gasteiger charge is -2.23. The number of nitrogens with zero attached hydrogens (tertiary/aromatic N) is 3. The Kier molecular flexibility index (Phi) is 7.44. The van der Waals surface area contributed by atoms with E-state index in [1.807, 2.05) is 51.1 Å². The molecule has 4 aromatic rings. The van der Waals surface area contributed by atoms with Gasteiger partial charge in [-0.25, -0.2) is 4.98 Å². The van der Waals surface area contributed by atoms with Gasteiger partial charge in [0.1, 0.15) is 16.5 Å². The third-order valence-corrected chi connectivity index (χ3v) is 6.69. The Hall–Kier alpha value is -4.05. The molecule has 0 spiro atoms. The topological polar surface area (TPSA) is 134 Å². The van der Waals surface area contributed by atoms with Crippen LogP contribution < -0.4 is 16.0 Å². The van der Waals surface area contributed by atoms with E-state index in [1.165, 1.54) is 11.3 Å². The van der Waals surface area contributed by atoms with Gasteiger partial charge in [0.25, 0.3) is 5.91 Å². The molecule has 0 fully saturated rings. The zero-order valence-corrected chi connectivity index (χ0v) is 21.2. The molecule has 0 saturated heterocycles. The number of hydrogen-bond donors (Lipinski definition) is 3. The van der Waals surface area contributed by atoms with Crippen LogP contribution in [0.25, 0.3) is 21.5 Å². The third kappa shape index (κ3) is 5.28. The number of nitrogens with one attached hydrogen (secondary N) is 2. The maximum atomic E-state index is 13.1. The van der Waals surface area contributed by atoms with E-state index >= 15 is 0 Å². The van der Waals surface area contributed by atoms with E-state index in [2.05, 4.69) is 20.3 Å². The molecule has 0 atom stereocenters. The fourth-order valence-electron chi connectivity index (χ4n) is 3.99. The van der Waals surface area contributed by atoms with Crippen molar-refractivity contribution in [1.29, 1.82) is 0 Å². The van der Waals surface area contributed by atoms with Gasteiger partial charge in [0.05, 0.1) is 0 Å². The summed E-state index contributed by atoms with van der Waals surface area (Å²) in [6.45, 7) is 6.20. The molecule has 4 N–H and O–H groups in total. The maximum absolute atomic E-state index is 13.1. The molecular weight excluding hydrogens is 476 g/mol. The van der Waals surface area contributed by atoms with Gasteiger partial charge in [0.15, 0.2) is 0 Å². The largest absolute Gasteiger partial charge is 0.370 e. The van der Waals surface area contributed by atoms with Crippen LogP contribution in [0.4, 0.5) is 11.5 Å². The van der Waals surface area contributed by atoms with Gasteiger partial charge in [-0.2, -0.15) is 0 Å². The molecule has 3 amide bonds. The monoisotopic (exact) mass is 504 g/mol. The molecule has 0 bridgehead atoms. The van der Waals surface area contributed by atoms with Gasteiger partial charge in [-0.05, 0) is 37.6 Å². The molecule has 1 aromatic carbocycles. The standard InChI is InChI=1S/C26H28N6O3S/c1-4-32(26(35)15(2)3)17-5-6-18-19(7-8-22(27)33)23(29-20(18)13-17)31-24(34)21-14-36-25(30-21)16-9-11-28-12-10-16/h5-6,9-15,29H,4,7-8H2,1-3H3,(H2,27,33)(H,31,34). The van der Waals surface area contributed by atoms with Crippen LogP contribution in [0.5, 0.6) is 0 Å². The van der Waals surface area contributed by atoms with Crippen LogP contribution in [-0.4, -0.2) is 39.2 Å². The van der Waals surface area contributed by atoms with E-state index in [1.54, 1.807) is 22.7 Å². The fourth-order valence-corrected chi connectivity index (χ4v) is 4.79. The summed E-state index contributed by atoms with van der Waals surface area (Å²) in [6.07, 6.45) is 3.84. The average Bonchev–Trinajstić information content (AvgIpc) is 3.48. The quantitative estimate of drug-likeness (QED) is 0.311. The summed E-state index contributed by atoms with van der Waals surface area (Å²) >= 11 is 1.37. The Labute approximate surface area is 212 Å². The molecule has 0 radical (unpaired) electrons. The lowest BCUT2D eigenvalue weighted by Crippen LogP contribution is -2.33. The van der Waals surface area contributed by atoms with Crippen molar-refractivity contribution in [2.24, 2.45) is 11.7 Å². The number of thiazole rings is 1. The van der Waals surface area contributed by atoms with Crippen LogP contribution in [-0.2, 0) is 16.0 Å². The molecule has 0 unspecified atom stereocenters. The minimum Gasteiger partial charge on any atom is -0.370 e. The zero-order chi connectivity index (χ0) is 25.8. The number of aromatic nitrogens is 3. The van der Waals surface area contributed by atoms with E-state index in [-0.39, 0.29) is 29.8 Å². The highest BCUT2D eigenvalue weighted by Crippen LogP contribution is 2.32. The fraction of sp³-hybridized carbons (Fsp3) is 0.269. The van der Waals surface area contributed by atoms with Crippen molar-refractivity contribution in [2.45, 2.75) is 33.6 Å². The van der Waals surface area contributed by atoms with Crippen molar-refractivity contribution >= 4 is 51.5 Å². The Morgan fingerprint density at radius 2 is 1.92 bits per heavy atom. The maximum Gasteiger partial charge on any atom is 0.276 e. The molecular formula is C26H28N6O3S. The number of nitrogens with two attached hydrogens (primary N) is 1.